The van der Waals surface area contributed by atoms with Gasteiger partial charge in [-0.25, -0.2) is 0 Å². The number of benzene rings is 1. The van der Waals surface area contributed by atoms with Crippen molar-refractivity contribution in [2.75, 3.05) is 6.54 Å². The lowest BCUT2D eigenvalue weighted by Crippen LogP contribution is -2.34. The number of hydrogen-bond donors (Lipinski definition) is 3. The average Bonchev–Trinajstić information content (AvgIpc) is 2.46. The standard InChI is InChI=1S/C14H15N3O2/c15-12(10-4-2-1-3-5-10)9-17-14(19)11-8-16-7-6-13(11)18/h1-8,12H,9,15H2,(H,16,18)(H,17,19). The zero-order valence-corrected chi connectivity index (χ0v) is 10.3. The molecule has 0 aliphatic rings. The fraction of sp³-hybridized carbons (Fsp3) is 0.143. The van der Waals surface area contributed by atoms with E-state index in [1.165, 1.54) is 18.5 Å². The molecule has 2 aromatic rings. The molecule has 5 heteroatoms. The molecule has 0 bridgehead atoms. The van der Waals surface area contributed by atoms with Crippen molar-refractivity contribution in [3.8, 4) is 0 Å². The third-order valence-electron chi connectivity index (χ3n) is 2.78. The molecule has 2 rings (SSSR count). The molecule has 1 atom stereocenters. The van der Waals surface area contributed by atoms with E-state index in [2.05, 4.69) is 10.3 Å². The summed E-state index contributed by atoms with van der Waals surface area (Å²) in [6.07, 6.45) is 2.86. The highest BCUT2D eigenvalue weighted by Crippen LogP contribution is 2.07. The smallest absolute Gasteiger partial charge is 0.256 e. The van der Waals surface area contributed by atoms with Crippen LogP contribution in [0.5, 0.6) is 0 Å². The largest absolute Gasteiger partial charge is 0.367 e. The van der Waals surface area contributed by atoms with Crippen LogP contribution in [0.2, 0.25) is 0 Å². The second-order valence-electron chi connectivity index (χ2n) is 4.15. The molecule has 0 saturated carbocycles. The van der Waals surface area contributed by atoms with E-state index in [0.717, 1.165) is 5.56 Å². The van der Waals surface area contributed by atoms with Crippen LogP contribution in [-0.2, 0) is 0 Å². The molecule has 98 valence electrons. The lowest BCUT2D eigenvalue weighted by Gasteiger charge is -2.12. The van der Waals surface area contributed by atoms with E-state index in [1.807, 2.05) is 30.3 Å². The van der Waals surface area contributed by atoms with E-state index < -0.39 is 5.91 Å². The van der Waals surface area contributed by atoms with Crippen molar-refractivity contribution in [3.05, 3.63) is 70.1 Å². The number of amides is 1. The van der Waals surface area contributed by atoms with Gasteiger partial charge in [-0.15, -0.1) is 0 Å². The number of hydrogen-bond acceptors (Lipinski definition) is 3. The maximum absolute atomic E-state index is 11.8. The summed E-state index contributed by atoms with van der Waals surface area (Å²) < 4.78 is 0. The molecule has 0 spiro atoms. The summed E-state index contributed by atoms with van der Waals surface area (Å²) in [5.41, 5.74) is 6.66. The molecule has 4 N–H and O–H groups in total. The molecule has 0 aliphatic carbocycles. The Morgan fingerprint density at radius 3 is 2.68 bits per heavy atom. The monoisotopic (exact) mass is 257 g/mol. The van der Waals surface area contributed by atoms with Crippen molar-refractivity contribution < 1.29 is 4.79 Å². The maximum atomic E-state index is 11.8. The number of carbonyl (C=O) groups is 1. The first-order valence-corrected chi connectivity index (χ1v) is 5.94. The van der Waals surface area contributed by atoms with Crippen molar-refractivity contribution in [2.24, 2.45) is 5.73 Å². The van der Waals surface area contributed by atoms with Crippen LogP contribution in [0.1, 0.15) is 22.0 Å². The van der Waals surface area contributed by atoms with Gasteiger partial charge in [0.15, 0.2) is 5.43 Å². The van der Waals surface area contributed by atoms with Crippen molar-refractivity contribution >= 4 is 5.91 Å². The quantitative estimate of drug-likeness (QED) is 0.757. The van der Waals surface area contributed by atoms with Crippen LogP contribution in [-0.4, -0.2) is 17.4 Å². The highest BCUT2D eigenvalue weighted by atomic mass is 16.2. The van der Waals surface area contributed by atoms with Gasteiger partial charge in [0.1, 0.15) is 5.56 Å². The second-order valence-corrected chi connectivity index (χ2v) is 4.15. The Bertz CT molecular complexity index is 607. The molecule has 1 heterocycles. The Kier molecular flexibility index (Phi) is 4.10. The summed E-state index contributed by atoms with van der Waals surface area (Å²) >= 11 is 0. The second kappa shape index (κ2) is 5.97. The predicted octanol–water partition coefficient (Wildman–Crippen LogP) is 0.805. The van der Waals surface area contributed by atoms with Gasteiger partial charge >= 0.3 is 0 Å². The van der Waals surface area contributed by atoms with E-state index in [-0.39, 0.29) is 23.6 Å². The van der Waals surface area contributed by atoms with Crippen LogP contribution < -0.4 is 16.5 Å². The lowest BCUT2D eigenvalue weighted by molar-refractivity contribution is 0.0950. The zero-order chi connectivity index (χ0) is 13.7. The SMILES string of the molecule is NC(CNC(=O)c1c[nH]ccc1=O)c1ccccc1. The minimum absolute atomic E-state index is 0.0859. The molecule has 19 heavy (non-hydrogen) atoms. The van der Waals surface area contributed by atoms with E-state index >= 15 is 0 Å². The normalized spacial score (nSPS) is 11.8. The zero-order valence-electron chi connectivity index (χ0n) is 10.3. The van der Waals surface area contributed by atoms with Gasteiger partial charge in [-0.1, -0.05) is 30.3 Å². The lowest BCUT2D eigenvalue weighted by atomic mass is 10.1. The average molecular weight is 257 g/mol. The van der Waals surface area contributed by atoms with Crippen LogP contribution in [0.3, 0.4) is 0 Å². The van der Waals surface area contributed by atoms with Gasteiger partial charge in [-0.05, 0) is 5.56 Å². The van der Waals surface area contributed by atoms with Crippen molar-refractivity contribution in [1.82, 2.24) is 10.3 Å². The minimum atomic E-state index is -0.423. The van der Waals surface area contributed by atoms with Gasteiger partial charge in [0.25, 0.3) is 5.91 Å². The number of rotatable bonds is 4. The fourth-order valence-electron chi connectivity index (χ4n) is 1.71. The summed E-state index contributed by atoms with van der Waals surface area (Å²) in [4.78, 5) is 26.0. The number of H-pyrrole nitrogens is 1. The summed E-state index contributed by atoms with van der Waals surface area (Å²) in [5.74, 6) is -0.423. The predicted molar refractivity (Wildman–Crippen MR) is 72.8 cm³/mol. The maximum Gasteiger partial charge on any atom is 0.256 e. The van der Waals surface area contributed by atoms with Crippen LogP contribution in [0.25, 0.3) is 0 Å². The molecule has 1 amide bonds. The third kappa shape index (κ3) is 3.29. The van der Waals surface area contributed by atoms with E-state index in [0.29, 0.717) is 0 Å². The Hall–Kier alpha value is -2.40. The van der Waals surface area contributed by atoms with E-state index in [4.69, 9.17) is 5.73 Å². The number of aromatic nitrogens is 1. The Morgan fingerprint density at radius 1 is 1.26 bits per heavy atom. The molecule has 5 nitrogen and oxygen atoms in total. The van der Waals surface area contributed by atoms with Crippen LogP contribution in [0.4, 0.5) is 0 Å². The number of pyridine rings is 1. The number of nitrogens with two attached hydrogens (primary N) is 1. The first-order chi connectivity index (χ1) is 9.18. The van der Waals surface area contributed by atoms with Crippen LogP contribution >= 0.6 is 0 Å². The molecule has 0 aliphatic heterocycles. The molecule has 0 fully saturated rings. The van der Waals surface area contributed by atoms with Crippen molar-refractivity contribution in [2.45, 2.75) is 6.04 Å². The molecular formula is C14H15N3O2. The minimum Gasteiger partial charge on any atom is -0.367 e. The van der Waals surface area contributed by atoms with Gasteiger partial charge in [-0.3, -0.25) is 9.59 Å². The summed E-state index contributed by atoms with van der Waals surface area (Å²) in [7, 11) is 0. The van der Waals surface area contributed by atoms with E-state index in [9.17, 15) is 9.59 Å². The fourth-order valence-corrected chi connectivity index (χ4v) is 1.71. The van der Waals surface area contributed by atoms with E-state index in [1.54, 1.807) is 0 Å². The third-order valence-corrected chi connectivity index (χ3v) is 2.78. The van der Waals surface area contributed by atoms with Gasteiger partial charge < -0.3 is 16.0 Å². The Morgan fingerprint density at radius 2 is 2.00 bits per heavy atom. The summed E-state index contributed by atoms with van der Waals surface area (Å²) in [6, 6.07) is 10.5. The molecule has 1 aromatic carbocycles. The Labute approximate surface area is 110 Å². The van der Waals surface area contributed by atoms with Crippen molar-refractivity contribution in [1.29, 1.82) is 0 Å². The van der Waals surface area contributed by atoms with Gasteiger partial charge in [0, 0.05) is 31.0 Å². The number of aromatic amines is 1. The number of carbonyl (C=O) groups excluding carboxylic acids is 1. The van der Waals surface area contributed by atoms with Crippen molar-refractivity contribution in [3.63, 3.8) is 0 Å². The van der Waals surface area contributed by atoms with Gasteiger partial charge in [0.2, 0.25) is 0 Å². The molecule has 0 saturated heterocycles. The topological polar surface area (TPSA) is 88.0 Å². The summed E-state index contributed by atoms with van der Waals surface area (Å²) in [5, 5.41) is 2.65. The molecule has 1 unspecified atom stereocenters. The highest BCUT2D eigenvalue weighted by Gasteiger charge is 2.11. The van der Waals surface area contributed by atoms with Gasteiger partial charge in [-0.2, -0.15) is 0 Å². The molecular weight excluding hydrogens is 242 g/mol. The summed E-state index contributed by atoms with van der Waals surface area (Å²) in [6.45, 7) is 0.275. The van der Waals surface area contributed by atoms with Gasteiger partial charge in [0.05, 0.1) is 0 Å². The Balaban J connectivity index is 1.98. The first-order valence-electron chi connectivity index (χ1n) is 5.94. The first kappa shape index (κ1) is 13.0. The van der Waals surface area contributed by atoms with Crippen LogP contribution in [0, 0.1) is 0 Å². The van der Waals surface area contributed by atoms with Crippen LogP contribution in [0.15, 0.2) is 53.6 Å². The molecule has 0 radical (unpaired) electrons. The molecule has 1 aromatic heterocycles. The highest BCUT2D eigenvalue weighted by molar-refractivity contribution is 5.93. The number of nitrogens with one attached hydrogen (secondary N) is 2.